The number of carbonyl (C=O) groups is 1. The van der Waals surface area contributed by atoms with Crippen molar-refractivity contribution in [1.29, 1.82) is 0 Å². The Morgan fingerprint density at radius 3 is 2.64 bits per heavy atom. The molecule has 0 aromatic carbocycles. The molecule has 14 heavy (non-hydrogen) atoms. The number of esters is 1. The lowest BCUT2D eigenvalue weighted by molar-refractivity contribution is -0.163. The number of rotatable bonds is 1. The summed E-state index contributed by atoms with van der Waals surface area (Å²) >= 11 is 0. The minimum Gasteiger partial charge on any atom is -0.460 e. The fraction of sp³-hybridized carbons (Fsp3) is 0.909. The Kier molecular flexibility index (Phi) is 3.93. The van der Waals surface area contributed by atoms with E-state index in [4.69, 9.17) is 4.74 Å². The van der Waals surface area contributed by atoms with Crippen LogP contribution >= 0.6 is 0 Å². The van der Waals surface area contributed by atoms with Crippen molar-refractivity contribution in [3.8, 4) is 0 Å². The van der Waals surface area contributed by atoms with Gasteiger partial charge < -0.3 is 9.84 Å². The minimum atomic E-state index is -0.841. The zero-order valence-corrected chi connectivity index (χ0v) is 9.08. The molecule has 1 aliphatic carbocycles. The first-order chi connectivity index (χ1) is 6.52. The van der Waals surface area contributed by atoms with Gasteiger partial charge in [-0.2, -0.15) is 0 Å². The summed E-state index contributed by atoms with van der Waals surface area (Å²) in [4.78, 5) is 10.9. The number of hydrogen-bond acceptors (Lipinski definition) is 3. The fourth-order valence-electron chi connectivity index (χ4n) is 2.02. The van der Waals surface area contributed by atoms with E-state index in [1.807, 2.05) is 0 Å². The van der Waals surface area contributed by atoms with Crippen LogP contribution in [0.5, 0.6) is 0 Å². The van der Waals surface area contributed by atoms with Gasteiger partial charge in [0, 0.05) is 6.92 Å². The van der Waals surface area contributed by atoms with Gasteiger partial charge in [-0.3, -0.25) is 4.79 Å². The molecule has 0 bridgehead atoms. The molecule has 0 aliphatic heterocycles. The van der Waals surface area contributed by atoms with E-state index in [9.17, 15) is 9.90 Å². The Morgan fingerprint density at radius 1 is 1.36 bits per heavy atom. The van der Waals surface area contributed by atoms with Crippen LogP contribution in [0.15, 0.2) is 0 Å². The van der Waals surface area contributed by atoms with E-state index in [1.54, 1.807) is 6.92 Å². The maximum Gasteiger partial charge on any atom is 0.303 e. The summed E-state index contributed by atoms with van der Waals surface area (Å²) < 4.78 is 5.15. The number of hydrogen-bond donors (Lipinski definition) is 1. The number of aliphatic hydroxyl groups is 1. The summed E-state index contributed by atoms with van der Waals surface area (Å²) in [5, 5.41) is 10.1. The summed E-state index contributed by atoms with van der Waals surface area (Å²) in [6.45, 7) is 3.17. The summed E-state index contributed by atoms with van der Waals surface area (Å²) in [5.41, 5.74) is -0.841. The van der Waals surface area contributed by atoms with Crippen LogP contribution in [0.25, 0.3) is 0 Å². The van der Waals surface area contributed by atoms with E-state index < -0.39 is 5.60 Å². The summed E-state index contributed by atoms with van der Waals surface area (Å²) in [6.07, 6.45) is 5.59. The van der Waals surface area contributed by atoms with Crippen molar-refractivity contribution in [2.45, 2.75) is 64.1 Å². The second-order valence-corrected chi connectivity index (χ2v) is 4.41. The minimum absolute atomic E-state index is 0.296. The van der Waals surface area contributed by atoms with Gasteiger partial charge in [0.1, 0.15) is 6.10 Å². The average molecular weight is 200 g/mol. The molecule has 0 amide bonds. The van der Waals surface area contributed by atoms with Gasteiger partial charge in [-0.15, -0.1) is 0 Å². The summed E-state index contributed by atoms with van der Waals surface area (Å²) in [6, 6.07) is 0. The summed E-state index contributed by atoms with van der Waals surface area (Å²) in [5.74, 6) is -0.296. The predicted octanol–water partition coefficient (Wildman–Crippen LogP) is 2.02. The van der Waals surface area contributed by atoms with Crippen molar-refractivity contribution in [3.63, 3.8) is 0 Å². The van der Waals surface area contributed by atoms with Crippen LogP contribution in [0, 0.1) is 0 Å². The van der Waals surface area contributed by atoms with Crippen LogP contribution < -0.4 is 0 Å². The smallest absolute Gasteiger partial charge is 0.303 e. The second kappa shape index (κ2) is 4.78. The molecule has 0 unspecified atom stereocenters. The Labute approximate surface area is 85.5 Å². The fourth-order valence-corrected chi connectivity index (χ4v) is 2.02. The lowest BCUT2D eigenvalue weighted by Crippen LogP contribution is -2.42. The Hall–Kier alpha value is -0.570. The van der Waals surface area contributed by atoms with Crippen molar-refractivity contribution >= 4 is 5.97 Å². The molecule has 0 radical (unpaired) electrons. The summed E-state index contributed by atoms with van der Waals surface area (Å²) in [7, 11) is 0. The lowest BCUT2D eigenvalue weighted by Gasteiger charge is -2.33. The van der Waals surface area contributed by atoms with Gasteiger partial charge in [0.05, 0.1) is 5.60 Å². The highest BCUT2D eigenvalue weighted by molar-refractivity contribution is 5.66. The van der Waals surface area contributed by atoms with Crippen LogP contribution in [-0.2, 0) is 9.53 Å². The Balaban J connectivity index is 2.59. The molecule has 1 saturated carbocycles. The van der Waals surface area contributed by atoms with Gasteiger partial charge in [0.25, 0.3) is 0 Å². The normalized spacial score (nSPS) is 34.4. The monoisotopic (exact) mass is 200 g/mol. The van der Waals surface area contributed by atoms with Gasteiger partial charge in [-0.25, -0.2) is 0 Å². The van der Waals surface area contributed by atoms with Crippen molar-refractivity contribution in [1.82, 2.24) is 0 Å². The molecule has 3 heteroatoms. The van der Waals surface area contributed by atoms with E-state index in [-0.39, 0.29) is 12.1 Å². The largest absolute Gasteiger partial charge is 0.460 e. The molecular formula is C11H20O3. The van der Waals surface area contributed by atoms with E-state index in [2.05, 4.69) is 0 Å². The zero-order valence-electron chi connectivity index (χ0n) is 9.08. The first kappa shape index (κ1) is 11.5. The highest BCUT2D eigenvalue weighted by Gasteiger charge is 2.34. The topological polar surface area (TPSA) is 46.5 Å². The standard InChI is InChI=1S/C11H20O3/c1-9(12)14-10-7-5-3-4-6-8-11(10,2)13/h10,13H,3-8H2,1-2H3/t10-,11-/m0/s1. The van der Waals surface area contributed by atoms with Gasteiger partial charge in [0.2, 0.25) is 0 Å². The molecule has 0 aromatic heterocycles. The van der Waals surface area contributed by atoms with Crippen molar-refractivity contribution < 1.29 is 14.6 Å². The maximum atomic E-state index is 10.9. The van der Waals surface area contributed by atoms with Crippen molar-refractivity contribution in [2.75, 3.05) is 0 Å². The zero-order chi connectivity index (χ0) is 10.6. The van der Waals surface area contributed by atoms with E-state index in [1.165, 1.54) is 19.8 Å². The molecule has 2 atom stereocenters. The van der Waals surface area contributed by atoms with Crippen LogP contribution in [0.1, 0.15) is 52.4 Å². The van der Waals surface area contributed by atoms with E-state index in [0.29, 0.717) is 0 Å². The molecule has 0 heterocycles. The molecule has 1 N–H and O–H groups in total. The van der Waals surface area contributed by atoms with Crippen LogP contribution in [0.4, 0.5) is 0 Å². The van der Waals surface area contributed by atoms with Gasteiger partial charge >= 0.3 is 5.97 Å². The Morgan fingerprint density at radius 2 is 2.00 bits per heavy atom. The molecule has 1 fully saturated rings. The van der Waals surface area contributed by atoms with Gasteiger partial charge in [-0.05, 0) is 26.2 Å². The highest BCUT2D eigenvalue weighted by Crippen LogP contribution is 2.28. The molecule has 0 spiro atoms. The predicted molar refractivity (Wildman–Crippen MR) is 53.9 cm³/mol. The van der Waals surface area contributed by atoms with Crippen LogP contribution in [-0.4, -0.2) is 22.8 Å². The number of ether oxygens (including phenoxy) is 1. The average Bonchev–Trinajstić information content (AvgIpc) is 2.05. The van der Waals surface area contributed by atoms with Crippen molar-refractivity contribution in [2.24, 2.45) is 0 Å². The quantitative estimate of drug-likeness (QED) is 0.659. The van der Waals surface area contributed by atoms with E-state index >= 15 is 0 Å². The van der Waals surface area contributed by atoms with Crippen molar-refractivity contribution in [3.05, 3.63) is 0 Å². The molecule has 82 valence electrons. The third kappa shape index (κ3) is 3.29. The second-order valence-electron chi connectivity index (χ2n) is 4.41. The molecular weight excluding hydrogens is 180 g/mol. The third-order valence-electron chi connectivity index (χ3n) is 2.90. The first-order valence-corrected chi connectivity index (χ1v) is 5.42. The molecule has 0 saturated heterocycles. The van der Waals surface area contributed by atoms with Gasteiger partial charge in [-0.1, -0.05) is 19.3 Å². The number of carbonyl (C=O) groups excluding carboxylic acids is 1. The maximum absolute atomic E-state index is 10.9. The molecule has 1 aliphatic rings. The van der Waals surface area contributed by atoms with Gasteiger partial charge in [0.15, 0.2) is 0 Å². The SMILES string of the molecule is CC(=O)O[C@H]1CCCCCC[C@]1(C)O. The molecule has 0 aromatic rings. The highest BCUT2D eigenvalue weighted by atomic mass is 16.6. The van der Waals surface area contributed by atoms with E-state index in [0.717, 1.165) is 25.7 Å². The van der Waals surface area contributed by atoms with Crippen LogP contribution in [0.3, 0.4) is 0 Å². The molecule has 1 rings (SSSR count). The molecule has 3 nitrogen and oxygen atoms in total. The van der Waals surface area contributed by atoms with Crippen LogP contribution in [0.2, 0.25) is 0 Å². The third-order valence-corrected chi connectivity index (χ3v) is 2.90. The first-order valence-electron chi connectivity index (χ1n) is 5.42. The lowest BCUT2D eigenvalue weighted by atomic mass is 9.86. The Bertz CT molecular complexity index is 199.